The van der Waals surface area contributed by atoms with Gasteiger partial charge in [0.2, 0.25) is 0 Å². The van der Waals surface area contributed by atoms with Gasteiger partial charge in [-0.1, -0.05) is 0 Å². The van der Waals surface area contributed by atoms with E-state index >= 15 is 0 Å². The minimum Gasteiger partial charge on any atom is -0.360 e. The van der Waals surface area contributed by atoms with Gasteiger partial charge in [-0.2, -0.15) is 0 Å². The average molecular weight is 196 g/mol. The summed E-state index contributed by atoms with van der Waals surface area (Å²) in [5.74, 6) is 0. The maximum atomic E-state index is 6.10. The van der Waals surface area contributed by atoms with Crippen LogP contribution in [0.3, 0.4) is 0 Å². The number of rotatable bonds is 0. The lowest BCUT2D eigenvalue weighted by molar-refractivity contribution is -0.152. The minimum atomic E-state index is 0.0124. The Hall–Kier alpha value is -0.120. The molecule has 2 aliphatic heterocycles. The number of hydrogen-bond acceptors (Lipinski definition) is 3. The van der Waals surface area contributed by atoms with Gasteiger partial charge in [-0.15, -0.1) is 0 Å². The maximum absolute atomic E-state index is 6.10. The molecular formula is C11H20N2O. The molecule has 1 aliphatic carbocycles. The van der Waals surface area contributed by atoms with Crippen LogP contribution in [0, 0.1) is 5.41 Å². The third-order valence-corrected chi connectivity index (χ3v) is 4.34. The molecule has 2 N–H and O–H groups in total. The minimum absolute atomic E-state index is 0.0124. The van der Waals surface area contributed by atoms with E-state index in [2.05, 4.69) is 17.6 Å². The highest BCUT2D eigenvalue weighted by atomic mass is 16.5. The van der Waals surface area contributed by atoms with Gasteiger partial charge < -0.3 is 10.1 Å². The number of piperidine rings is 1. The molecule has 2 spiro atoms. The van der Waals surface area contributed by atoms with Gasteiger partial charge in [-0.25, -0.2) is 0 Å². The molecule has 2 saturated heterocycles. The molecule has 0 aromatic heterocycles. The summed E-state index contributed by atoms with van der Waals surface area (Å²) < 4.78 is 6.10. The van der Waals surface area contributed by atoms with Crippen molar-refractivity contribution < 1.29 is 4.74 Å². The quantitative estimate of drug-likeness (QED) is 0.603. The van der Waals surface area contributed by atoms with Crippen molar-refractivity contribution in [3.05, 3.63) is 0 Å². The monoisotopic (exact) mass is 196 g/mol. The Balaban J connectivity index is 1.71. The van der Waals surface area contributed by atoms with E-state index in [0.29, 0.717) is 11.5 Å². The standard InChI is InChI=1S/C11H20N2O/c1-9-10(2-3-10)8-14-11(13-9)4-6-12-7-5-11/h9,12-13H,2-8H2,1H3. The molecule has 1 saturated carbocycles. The van der Waals surface area contributed by atoms with E-state index in [0.717, 1.165) is 32.5 Å². The third-order valence-electron chi connectivity index (χ3n) is 4.34. The first kappa shape index (κ1) is 9.13. The lowest BCUT2D eigenvalue weighted by Gasteiger charge is -2.47. The maximum Gasteiger partial charge on any atom is 0.121 e. The van der Waals surface area contributed by atoms with Gasteiger partial charge in [-0.05, 0) is 32.9 Å². The Bertz CT molecular complexity index is 231. The van der Waals surface area contributed by atoms with Crippen LogP contribution in [0.1, 0.15) is 32.6 Å². The van der Waals surface area contributed by atoms with Crippen LogP contribution in [0.2, 0.25) is 0 Å². The number of hydrogen-bond donors (Lipinski definition) is 2. The normalized spacial score (nSPS) is 38.8. The Morgan fingerprint density at radius 3 is 2.43 bits per heavy atom. The van der Waals surface area contributed by atoms with Gasteiger partial charge in [0.1, 0.15) is 5.72 Å². The van der Waals surface area contributed by atoms with E-state index in [9.17, 15) is 0 Å². The van der Waals surface area contributed by atoms with Gasteiger partial charge in [-0.3, -0.25) is 5.32 Å². The molecule has 3 heteroatoms. The summed E-state index contributed by atoms with van der Waals surface area (Å²) in [5, 5.41) is 7.11. The number of ether oxygens (including phenoxy) is 1. The molecular weight excluding hydrogens is 176 g/mol. The molecule has 1 atom stereocenters. The first-order valence-corrected chi connectivity index (χ1v) is 5.87. The van der Waals surface area contributed by atoms with Crippen LogP contribution in [-0.2, 0) is 4.74 Å². The molecule has 3 fully saturated rings. The van der Waals surface area contributed by atoms with Crippen molar-refractivity contribution in [2.45, 2.75) is 44.4 Å². The Morgan fingerprint density at radius 2 is 1.86 bits per heavy atom. The fraction of sp³-hybridized carbons (Fsp3) is 1.00. The molecule has 0 radical (unpaired) electrons. The molecule has 0 aromatic rings. The largest absolute Gasteiger partial charge is 0.360 e. The van der Waals surface area contributed by atoms with Crippen LogP contribution in [-0.4, -0.2) is 31.5 Å². The summed E-state index contributed by atoms with van der Waals surface area (Å²) in [7, 11) is 0. The van der Waals surface area contributed by atoms with E-state index in [4.69, 9.17) is 4.74 Å². The molecule has 2 heterocycles. The van der Waals surface area contributed by atoms with Crippen LogP contribution >= 0.6 is 0 Å². The zero-order chi connectivity index (χ0) is 9.65. The fourth-order valence-corrected chi connectivity index (χ4v) is 2.85. The summed E-state index contributed by atoms with van der Waals surface area (Å²) >= 11 is 0. The summed E-state index contributed by atoms with van der Waals surface area (Å²) in [6.45, 7) is 5.50. The van der Waals surface area contributed by atoms with Crippen molar-refractivity contribution in [3.8, 4) is 0 Å². The zero-order valence-electron chi connectivity index (χ0n) is 8.94. The van der Waals surface area contributed by atoms with Gasteiger partial charge in [0, 0.05) is 24.3 Å². The number of nitrogens with one attached hydrogen (secondary N) is 2. The van der Waals surface area contributed by atoms with Crippen molar-refractivity contribution in [2.24, 2.45) is 5.41 Å². The molecule has 3 nitrogen and oxygen atoms in total. The second-order valence-electron chi connectivity index (χ2n) is 5.26. The fourth-order valence-electron chi connectivity index (χ4n) is 2.85. The van der Waals surface area contributed by atoms with Gasteiger partial charge in [0.05, 0.1) is 6.61 Å². The summed E-state index contributed by atoms with van der Waals surface area (Å²) in [4.78, 5) is 0. The second-order valence-corrected chi connectivity index (χ2v) is 5.26. The highest BCUT2D eigenvalue weighted by Gasteiger charge is 2.54. The highest BCUT2D eigenvalue weighted by molar-refractivity contribution is 5.06. The van der Waals surface area contributed by atoms with Crippen molar-refractivity contribution in [1.29, 1.82) is 0 Å². The Kier molecular flexibility index (Phi) is 1.92. The van der Waals surface area contributed by atoms with Crippen molar-refractivity contribution in [1.82, 2.24) is 10.6 Å². The van der Waals surface area contributed by atoms with E-state index in [1.165, 1.54) is 12.8 Å². The van der Waals surface area contributed by atoms with Gasteiger partial charge in [0.25, 0.3) is 0 Å². The SMILES string of the molecule is CC1NC2(CCNCC2)OCC12CC2. The summed E-state index contributed by atoms with van der Waals surface area (Å²) in [5.41, 5.74) is 0.522. The smallest absolute Gasteiger partial charge is 0.121 e. The predicted molar refractivity (Wildman–Crippen MR) is 55.1 cm³/mol. The van der Waals surface area contributed by atoms with Crippen molar-refractivity contribution >= 4 is 0 Å². The predicted octanol–water partition coefficient (Wildman–Crippen LogP) is 0.855. The first-order chi connectivity index (χ1) is 6.75. The molecule has 1 unspecified atom stereocenters. The van der Waals surface area contributed by atoms with Crippen LogP contribution in [0.15, 0.2) is 0 Å². The summed E-state index contributed by atoms with van der Waals surface area (Å²) in [6, 6.07) is 0.648. The van der Waals surface area contributed by atoms with Crippen LogP contribution in [0.4, 0.5) is 0 Å². The van der Waals surface area contributed by atoms with E-state index in [1.807, 2.05) is 0 Å². The van der Waals surface area contributed by atoms with E-state index in [-0.39, 0.29) is 5.72 Å². The van der Waals surface area contributed by atoms with Crippen molar-refractivity contribution in [3.63, 3.8) is 0 Å². The lowest BCUT2D eigenvalue weighted by atomic mass is 9.91. The molecule has 0 amide bonds. The third kappa shape index (κ3) is 1.30. The topological polar surface area (TPSA) is 33.3 Å². The summed E-state index contributed by atoms with van der Waals surface area (Å²) in [6.07, 6.45) is 4.95. The molecule has 80 valence electrons. The van der Waals surface area contributed by atoms with E-state index in [1.54, 1.807) is 0 Å². The highest BCUT2D eigenvalue weighted by Crippen LogP contribution is 2.52. The van der Waals surface area contributed by atoms with Gasteiger partial charge in [0.15, 0.2) is 0 Å². The lowest BCUT2D eigenvalue weighted by Crippen LogP contribution is -2.63. The molecule has 3 aliphatic rings. The van der Waals surface area contributed by atoms with Crippen LogP contribution in [0.25, 0.3) is 0 Å². The average Bonchev–Trinajstić information content (AvgIpc) is 2.96. The molecule has 3 rings (SSSR count). The van der Waals surface area contributed by atoms with Crippen LogP contribution in [0.5, 0.6) is 0 Å². The van der Waals surface area contributed by atoms with Crippen molar-refractivity contribution in [2.75, 3.05) is 19.7 Å². The second kappa shape index (κ2) is 2.94. The van der Waals surface area contributed by atoms with Crippen LogP contribution < -0.4 is 10.6 Å². The van der Waals surface area contributed by atoms with Gasteiger partial charge >= 0.3 is 0 Å². The first-order valence-electron chi connectivity index (χ1n) is 5.87. The zero-order valence-corrected chi connectivity index (χ0v) is 8.94. The molecule has 0 bridgehead atoms. The van der Waals surface area contributed by atoms with E-state index < -0.39 is 0 Å². The molecule has 14 heavy (non-hydrogen) atoms. The Labute approximate surface area is 85.6 Å². The molecule has 0 aromatic carbocycles. The Morgan fingerprint density at radius 1 is 1.14 bits per heavy atom.